The summed E-state index contributed by atoms with van der Waals surface area (Å²) in [7, 11) is 1.32. The number of esters is 1. The van der Waals surface area contributed by atoms with E-state index in [0.29, 0.717) is 11.5 Å². The second-order valence-electron chi connectivity index (χ2n) is 6.33. The first-order chi connectivity index (χ1) is 12.4. The van der Waals surface area contributed by atoms with Crippen LogP contribution < -0.4 is 5.32 Å². The SMILES string of the molecule is COC(=O)C(C)c1cc([C@@H](NC(=O)OCc2ccccc2)C(C)C)on1. The number of alkyl carbamates (subject to hydrolysis) is 1. The Bertz CT molecular complexity index is 727. The Hall–Kier alpha value is -2.83. The van der Waals surface area contributed by atoms with Gasteiger partial charge in [0.1, 0.15) is 6.61 Å². The molecule has 0 aliphatic heterocycles. The fourth-order valence-electron chi connectivity index (χ4n) is 2.41. The third-order valence-electron chi connectivity index (χ3n) is 4.00. The highest BCUT2D eigenvalue weighted by Gasteiger charge is 2.26. The van der Waals surface area contributed by atoms with Crippen molar-refractivity contribution in [3.05, 3.63) is 53.4 Å². The zero-order chi connectivity index (χ0) is 19.1. The summed E-state index contributed by atoms with van der Waals surface area (Å²) < 4.78 is 15.3. The molecule has 0 saturated carbocycles. The Kier molecular flexibility index (Phi) is 6.77. The third-order valence-corrected chi connectivity index (χ3v) is 4.00. The minimum atomic E-state index is -0.550. The van der Waals surface area contributed by atoms with Crippen molar-refractivity contribution in [2.45, 2.75) is 39.3 Å². The molecular formula is C19H24N2O5. The Labute approximate surface area is 152 Å². The highest BCUT2D eigenvalue weighted by molar-refractivity contribution is 5.76. The van der Waals surface area contributed by atoms with Gasteiger partial charge in [-0.05, 0) is 18.4 Å². The molecule has 0 radical (unpaired) electrons. The molecule has 0 aliphatic carbocycles. The highest BCUT2D eigenvalue weighted by Crippen LogP contribution is 2.25. The Morgan fingerprint density at radius 1 is 1.19 bits per heavy atom. The fourth-order valence-corrected chi connectivity index (χ4v) is 2.41. The van der Waals surface area contributed by atoms with Crippen molar-refractivity contribution in [2.24, 2.45) is 5.92 Å². The first-order valence-electron chi connectivity index (χ1n) is 8.44. The fraction of sp³-hybridized carbons (Fsp3) is 0.421. The molecule has 2 aromatic rings. The second kappa shape index (κ2) is 9.03. The zero-order valence-electron chi connectivity index (χ0n) is 15.4. The number of benzene rings is 1. The molecule has 0 saturated heterocycles. The Morgan fingerprint density at radius 3 is 2.50 bits per heavy atom. The molecule has 2 atom stereocenters. The van der Waals surface area contributed by atoms with Gasteiger partial charge in [0.05, 0.1) is 24.8 Å². The minimum absolute atomic E-state index is 0.0357. The van der Waals surface area contributed by atoms with Gasteiger partial charge in [-0.25, -0.2) is 4.79 Å². The third kappa shape index (κ3) is 5.08. The normalized spacial score (nSPS) is 13.1. The molecule has 1 heterocycles. The smallest absolute Gasteiger partial charge is 0.408 e. The molecule has 1 unspecified atom stereocenters. The van der Waals surface area contributed by atoms with E-state index >= 15 is 0 Å². The summed E-state index contributed by atoms with van der Waals surface area (Å²) >= 11 is 0. The maximum Gasteiger partial charge on any atom is 0.408 e. The first-order valence-corrected chi connectivity index (χ1v) is 8.44. The van der Waals surface area contributed by atoms with E-state index in [1.54, 1.807) is 13.0 Å². The summed E-state index contributed by atoms with van der Waals surface area (Å²) in [4.78, 5) is 23.8. The number of methoxy groups -OCH3 is 1. The highest BCUT2D eigenvalue weighted by atomic mass is 16.5. The van der Waals surface area contributed by atoms with Crippen LogP contribution in [0.1, 0.15) is 49.7 Å². The summed E-state index contributed by atoms with van der Waals surface area (Å²) in [6.45, 7) is 5.74. The van der Waals surface area contributed by atoms with Gasteiger partial charge in [-0.2, -0.15) is 0 Å². The first kappa shape index (κ1) is 19.5. The van der Waals surface area contributed by atoms with Gasteiger partial charge in [0.2, 0.25) is 0 Å². The van der Waals surface area contributed by atoms with Gasteiger partial charge < -0.3 is 19.3 Å². The lowest BCUT2D eigenvalue weighted by Gasteiger charge is -2.19. The van der Waals surface area contributed by atoms with Crippen LogP contribution in [0.2, 0.25) is 0 Å². The Balaban J connectivity index is 2.01. The predicted molar refractivity (Wildman–Crippen MR) is 94.3 cm³/mol. The average Bonchev–Trinajstić information content (AvgIpc) is 3.13. The number of carbonyl (C=O) groups excluding carboxylic acids is 2. The quantitative estimate of drug-likeness (QED) is 0.759. The molecule has 0 aliphatic rings. The minimum Gasteiger partial charge on any atom is -0.469 e. The van der Waals surface area contributed by atoms with Gasteiger partial charge in [-0.15, -0.1) is 0 Å². The van der Waals surface area contributed by atoms with E-state index in [-0.39, 0.29) is 12.5 Å². The maximum absolute atomic E-state index is 12.1. The van der Waals surface area contributed by atoms with E-state index in [1.165, 1.54) is 7.11 Å². The molecule has 0 bridgehead atoms. The molecule has 7 heteroatoms. The van der Waals surface area contributed by atoms with Crippen molar-refractivity contribution in [1.82, 2.24) is 10.5 Å². The number of hydrogen-bond acceptors (Lipinski definition) is 6. The van der Waals surface area contributed by atoms with Gasteiger partial charge in [0.15, 0.2) is 5.76 Å². The van der Waals surface area contributed by atoms with E-state index in [9.17, 15) is 9.59 Å². The van der Waals surface area contributed by atoms with Crippen molar-refractivity contribution in [3.8, 4) is 0 Å². The van der Waals surface area contributed by atoms with Crippen molar-refractivity contribution < 1.29 is 23.6 Å². The monoisotopic (exact) mass is 360 g/mol. The van der Waals surface area contributed by atoms with Crippen LogP contribution in [0.5, 0.6) is 0 Å². The summed E-state index contributed by atoms with van der Waals surface area (Å²) in [5.41, 5.74) is 1.36. The van der Waals surface area contributed by atoms with Crippen molar-refractivity contribution in [1.29, 1.82) is 0 Å². The summed E-state index contributed by atoms with van der Waals surface area (Å²) in [6, 6.07) is 10.6. The molecule has 7 nitrogen and oxygen atoms in total. The lowest BCUT2D eigenvalue weighted by molar-refractivity contribution is -0.142. The van der Waals surface area contributed by atoms with Crippen molar-refractivity contribution >= 4 is 12.1 Å². The molecule has 0 fully saturated rings. The van der Waals surface area contributed by atoms with E-state index in [2.05, 4.69) is 10.5 Å². The summed E-state index contributed by atoms with van der Waals surface area (Å²) in [5.74, 6) is -0.451. The number of nitrogens with zero attached hydrogens (tertiary/aromatic N) is 1. The van der Waals surface area contributed by atoms with Crippen LogP contribution in [0.25, 0.3) is 0 Å². The number of hydrogen-bond donors (Lipinski definition) is 1. The van der Waals surface area contributed by atoms with Crippen molar-refractivity contribution in [2.75, 3.05) is 7.11 Å². The van der Waals surface area contributed by atoms with Crippen LogP contribution in [-0.2, 0) is 20.9 Å². The van der Waals surface area contributed by atoms with Gasteiger partial charge in [-0.3, -0.25) is 4.79 Å². The summed E-state index contributed by atoms with van der Waals surface area (Å²) in [5, 5.41) is 6.71. The second-order valence-corrected chi connectivity index (χ2v) is 6.33. The average molecular weight is 360 g/mol. The van der Waals surface area contributed by atoms with E-state index in [1.807, 2.05) is 44.2 Å². The zero-order valence-corrected chi connectivity index (χ0v) is 15.4. The summed E-state index contributed by atoms with van der Waals surface area (Å²) in [6.07, 6.45) is -0.550. The number of carbonyl (C=O) groups is 2. The van der Waals surface area contributed by atoms with E-state index < -0.39 is 24.0 Å². The molecule has 0 spiro atoms. The van der Waals surface area contributed by atoms with Crippen LogP contribution in [-0.4, -0.2) is 24.3 Å². The van der Waals surface area contributed by atoms with Crippen LogP contribution in [0.15, 0.2) is 40.9 Å². The van der Waals surface area contributed by atoms with Crippen LogP contribution in [0.3, 0.4) is 0 Å². The predicted octanol–water partition coefficient (Wildman–Crippen LogP) is 3.57. The molecule has 1 aromatic carbocycles. The van der Waals surface area contributed by atoms with Gasteiger partial charge in [0.25, 0.3) is 0 Å². The van der Waals surface area contributed by atoms with Gasteiger partial charge in [-0.1, -0.05) is 49.3 Å². The van der Waals surface area contributed by atoms with Crippen LogP contribution in [0, 0.1) is 5.92 Å². The van der Waals surface area contributed by atoms with Crippen molar-refractivity contribution in [3.63, 3.8) is 0 Å². The molecule has 140 valence electrons. The molecule has 2 rings (SSSR count). The van der Waals surface area contributed by atoms with E-state index in [0.717, 1.165) is 5.56 Å². The largest absolute Gasteiger partial charge is 0.469 e. The molecule has 1 aromatic heterocycles. The van der Waals surface area contributed by atoms with Crippen LogP contribution in [0.4, 0.5) is 4.79 Å². The lowest BCUT2D eigenvalue weighted by Crippen LogP contribution is -2.32. The maximum atomic E-state index is 12.1. The van der Waals surface area contributed by atoms with Gasteiger partial charge in [0, 0.05) is 6.07 Å². The number of rotatable bonds is 7. The molecular weight excluding hydrogens is 336 g/mol. The van der Waals surface area contributed by atoms with E-state index in [4.69, 9.17) is 14.0 Å². The lowest BCUT2D eigenvalue weighted by atomic mass is 10.0. The molecule has 1 amide bonds. The topological polar surface area (TPSA) is 90.7 Å². The molecule has 1 N–H and O–H groups in total. The van der Waals surface area contributed by atoms with Gasteiger partial charge >= 0.3 is 12.1 Å². The molecule has 26 heavy (non-hydrogen) atoms. The van der Waals surface area contributed by atoms with Crippen LogP contribution >= 0.6 is 0 Å². The standard InChI is InChI=1S/C19H24N2O5/c1-12(2)17(16-10-15(21-26-16)13(3)18(22)24-4)20-19(23)25-11-14-8-6-5-7-9-14/h5-10,12-13,17H,11H2,1-4H3,(H,20,23)/t13?,17-/m0/s1. The number of aromatic nitrogens is 1. The Morgan fingerprint density at radius 2 is 1.88 bits per heavy atom. The number of nitrogens with one attached hydrogen (secondary N) is 1. The number of ether oxygens (including phenoxy) is 2. The number of amides is 1.